The molecule has 0 aliphatic heterocycles. The normalized spacial score (nSPS) is 11.1. The van der Waals surface area contributed by atoms with Crippen LogP contribution in [0.4, 0.5) is 5.95 Å². The Kier molecular flexibility index (Phi) is 3.06. The highest BCUT2D eigenvalue weighted by Gasteiger charge is 2.09. The second-order valence-electron chi connectivity index (χ2n) is 4.71. The van der Waals surface area contributed by atoms with Gasteiger partial charge in [0.25, 0.3) is 0 Å². The van der Waals surface area contributed by atoms with Crippen molar-refractivity contribution in [2.45, 2.75) is 13.0 Å². The van der Waals surface area contributed by atoms with Crippen LogP contribution in [0, 0.1) is 0 Å². The van der Waals surface area contributed by atoms with Gasteiger partial charge in [-0.25, -0.2) is 4.98 Å². The van der Waals surface area contributed by atoms with Gasteiger partial charge in [-0.05, 0) is 18.2 Å². The van der Waals surface area contributed by atoms with Crippen molar-refractivity contribution in [3.05, 3.63) is 36.2 Å². The Balaban J connectivity index is 1.91. The van der Waals surface area contributed by atoms with Gasteiger partial charge < -0.3 is 15.0 Å². The molecule has 3 rings (SSSR count). The van der Waals surface area contributed by atoms with Gasteiger partial charge in [0.2, 0.25) is 5.95 Å². The molecule has 2 aromatic heterocycles. The highest BCUT2D eigenvalue weighted by atomic mass is 16.5. The van der Waals surface area contributed by atoms with Crippen molar-refractivity contribution in [1.29, 1.82) is 0 Å². The molecular formula is C14H17N5O. The third-order valence-corrected chi connectivity index (χ3v) is 3.35. The summed E-state index contributed by atoms with van der Waals surface area (Å²) in [7, 11) is 3.56. The number of ether oxygens (including phenoxy) is 1. The average molecular weight is 271 g/mol. The molecule has 3 aromatic rings. The molecule has 0 radical (unpaired) electrons. The van der Waals surface area contributed by atoms with E-state index in [1.807, 2.05) is 42.1 Å². The number of fused-ring (bicyclic) bond motifs is 1. The van der Waals surface area contributed by atoms with Gasteiger partial charge in [-0.15, -0.1) is 0 Å². The Labute approximate surface area is 116 Å². The Morgan fingerprint density at radius 3 is 2.85 bits per heavy atom. The van der Waals surface area contributed by atoms with Crippen LogP contribution in [-0.2, 0) is 20.0 Å². The lowest BCUT2D eigenvalue weighted by Gasteiger charge is -2.06. The molecule has 0 bridgehead atoms. The molecule has 0 aliphatic carbocycles. The Morgan fingerprint density at radius 1 is 1.30 bits per heavy atom. The number of aryl methyl sites for hydroxylation is 3. The molecule has 0 amide bonds. The number of imidazole rings is 1. The van der Waals surface area contributed by atoms with Gasteiger partial charge in [0.05, 0.1) is 23.8 Å². The van der Waals surface area contributed by atoms with Crippen molar-refractivity contribution in [3.8, 4) is 5.75 Å². The van der Waals surface area contributed by atoms with Crippen LogP contribution in [0.1, 0.15) is 5.69 Å². The fraction of sp³-hybridized carbons (Fsp3) is 0.286. The van der Waals surface area contributed by atoms with Crippen LogP contribution in [0.2, 0.25) is 0 Å². The van der Waals surface area contributed by atoms with Crippen molar-refractivity contribution < 1.29 is 4.74 Å². The smallest absolute Gasteiger partial charge is 0.201 e. The number of hydrogen-bond acceptors (Lipinski definition) is 4. The highest BCUT2D eigenvalue weighted by Crippen LogP contribution is 2.23. The molecule has 104 valence electrons. The van der Waals surface area contributed by atoms with Crippen LogP contribution in [0.25, 0.3) is 11.0 Å². The van der Waals surface area contributed by atoms with Gasteiger partial charge in [0, 0.05) is 32.3 Å². The van der Waals surface area contributed by atoms with E-state index in [1.54, 1.807) is 11.8 Å². The summed E-state index contributed by atoms with van der Waals surface area (Å²) in [6, 6.07) is 7.77. The standard InChI is InChI=1S/C14H17N5O/c1-18-7-5-10(17-18)6-8-19-13-9-11(20-2)3-4-12(13)16-14(19)15/h3-5,7,9H,6,8H2,1-2H3,(H2,15,16). The Bertz CT molecular complexity index is 743. The molecule has 6 nitrogen and oxygen atoms in total. The molecule has 2 heterocycles. The van der Waals surface area contributed by atoms with Crippen molar-refractivity contribution in [1.82, 2.24) is 19.3 Å². The number of nitrogens with zero attached hydrogens (tertiary/aromatic N) is 4. The first-order chi connectivity index (χ1) is 9.67. The number of anilines is 1. The average Bonchev–Trinajstić information content (AvgIpc) is 2.98. The molecule has 0 fully saturated rings. The van der Waals surface area contributed by atoms with E-state index >= 15 is 0 Å². The second kappa shape index (κ2) is 4.88. The van der Waals surface area contributed by atoms with Gasteiger partial charge in [-0.2, -0.15) is 5.10 Å². The summed E-state index contributed by atoms with van der Waals surface area (Å²) < 4.78 is 9.05. The number of hydrogen-bond donors (Lipinski definition) is 1. The second-order valence-corrected chi connectivity index (χ2v) is 4.71. The summed E-state index contributed by atoms with van der Waals surface area (Å²) in [5, 5.41) is 4.37. The minimum Gasteiger partial charge on any atom is -0.497 e. The van der Waals surface area contributed by atoms with E-state index in [9.17, 15) is 0 Å². The van der Waals surface area contributed by atoms with E-state index in [-0.39, 0.29) is 0 Å². The van der Waals surface area contributed by atoms with Crippen LogP contribution in [-0.4, -0.2) is 26.4 Å². The predicted molar refractivity (Wildman–Crippen MR) is 77.6 cm³/mol. The van der Waals surface area contributed by atoms with Gasteiger partial charge in [0.15, 0.2) is 0 Å². The zero-order valence-corrected chi connectivity index (χ0v) is 11.6. The summed E-state index contributed by atoms with van der Waals surface area (Å²) in [6.45, 7) is 0.743. The quantitative estimate of drug-likeness (QED) is 0.782. The number of methoxy groups -OCH3 is 1. The number of aromatic nitrogens is 4. The first-order valence-corrected chi connectivity index (χ1v) is 6.45. The monoisotopic (exact) mass is 271 g/mol. The van der Waals surface area contributed by atoms with Gasteiger partial charge in [-0.1, -0.05) is 0 Å². The third kappa shape index (κ3) is 2.20. The molecular weight excluding hydrogens is 254 g/mol. The van der Waals surface area contributed by atoms with Gasteiger partial charge in [0.1, 0.15) is 5.75 Å². The van der Waals surface area contributed by atoms with Crippen LogP contribution < -0.4 is 10.5 Å². The lowest BCUT2D eigenvalue weighted by molar-refractivity contribution is 0.415. The first kappa shape index (κ1) is 12.5. The van der Waals surface area contributed by atoms with Crippen molar-refractivity contribution in [2.24, 2.45) is 7.05 Å². The third-order valence-electron chi connectivity index (χ3n) is 3.35. The van der Waals surface area contributed by atoms with Gasteiger partial charge >= 0.3 is 0 Å². The maximum Gasteiger partial charge on any atom is 0.201 e. The van der Waals surface area contributed by atoms with E-state index < -0.39 is 0 Å². The Morgan fingerprint density at radius 2 is 2.15 bits per heavy atom. The maximum absolute atomic E-state index is 6.00. The summed E-state index contributed by atoms with van der Waals surface area (Å²) in [5.41, 5.74) is 8.90. The molecule has 0 saturated heterocycles. The highest BCUT2D eigenvalue weighted by molar-refractivity contribution is 5.79. The molecule has 0 saturated carbocycles. The molecule has 6 heteroatoms. The van der Waals surface area contributed by atoms with Crippen LogP contribution in [0.5, 0.6) is 5.75 Å². The molecule has 0 unspecified atom stereocenters. The Hall–Kier alpha value is -2.50. The zero-order chi connectivity index (χ0) is 14.1. The van der Waals surface area contributed by atoms with Crippen molar-refractivity contribution >= 4 is 17.0 Å². The van der Waals surface area contributed by atoms with Gasteiger partial charge in [-0.3, -0.25) is 4.68 Å². The van der Waals surface area contributed by atoms with E-state index in [1.165, 1.54) is 0 Å². The molecule has 0 spiro atoms. The molecule has 2 N–H and O–H groups in total. The van der Waals surface area contributed by atoms with E-state index in [0.717, 1.165) is 35.4 Å². The van der Waals surface area contributed by atoms with Crippen LogP contribution in [0.3, 0.4) is 0 Å². The number of benzene rings is 1. The lowest BCUT2D eigenvalue weighted by Crippen LogP contribution is -2.06. The lowest BCUT2D eigenvalue weighted by atomic mass is 10.2. The largest absolute Gasteiger partial charge is 0.497 e. The first-order valence-electron chi connectivity index (χ1n) is 6.45. The van der Waals surface area contributed by atoms with Crippen LogP contribution >= 0.6 is 0 Å². The fourth-order valence-electron chi connectivity index (χ4n) is 2.31. The fourth-order valence-corrected chi connectivity index (χ4v) is 2.31. The van der Waals surface area contributed by atoms with E-state index in [0.29, 0.717) is 5.95 Å². The van der Waals surface area contributed by atoms with E-state index in [4.69, 9.17) is 10.5 Å². The topological polar surface area (TPSA) is 70.9 Å². The molecule has 1 aromatic carbocycles. The van der Waals surface area contributed by atoms with E-state index in [2.05, 4.69) is 10.1 Å². The summed E-state index contributed by atoms with van der Waals surface area (Å²) in [6.07, 6.45) is 2.75. The summed E-state index contributed by atoms with van der Waals surface area (Å²) in [4.78, 5) is 4.37. The van der Waals surface area contributed by atoms with Crippen LogP contribution in [0.15, 0.2) is 30.5 Å². The number of rotatable bonds is 4. The van der Waals surface area contributed by atoms with Crippen molar-refractivity contribution in [3.63, 3.8) is 0 Å². The summed E-state index contributed by atoms with van der Waals surface area (Å²) in [5.74, 6) is 1.32. The van der Waals surface area contributed by atoms with Crippen molar-refractivity contribution in [2.75, 3.05) is 12.8 Å². The predicted octanol–water partition coefficient (Wildman–Crippen LogP) is 1.60. The maximum atomic E-state index is 6.00. The zero-order valence-electron chi connectivity index (χ0n) is 11.6. The number of nitrogen functional groups attached to an aromatic ring is 1. The number of nitrogens with two attached hydrogens (primary N) is 1. The minimum absolute atomic E-state index is 0.518. The molecule has 0 atom stereocenters. The molecule has 20 heavy (non-hydrogen) atoms. The summed E-state index contributed by atoms with van der Waals surface area (Å²) >= 11 is 0. The SMILES string of the molecule is COc1ccc2nc(N)n(CCc3ccn(C)n3)c2c1. The minimum atomic E-state index is 0.518. The molecule has 0 aliphatic rings.